The molecule has 4 nitrogen and oxygen atoms in total. The van der Waals surface area contributed by atoms with Gasteiger partial charge in [0.1, 0.15) is 0 Å². The van der Waals surface area contributed by atoms with Crippen LogP contribution in [0, 0.1) is 5.92 Å². The SMILES string of the molecule is CCC(CC)(CO)NCC(=O)NCC1CC1. The molecule has 0 spiro atoms. The molecular formula is C12H24N2O2. The van der Waals surface area contributed by atoms with Gasteiger partial charge >= 0.3 is 0 Å². The van der Waals surface area contributed by atoms with Gasteiger partial charge in [0.25, 0.3) is 0 Å². The molecule has 1 aliphatic carbocycles. The first kappa shape index (κ1) is 13.5. The lowest BCUT2D eigenvalue weighted by molar-refractivity contribution is -0.120. The Morgan fingerprint density at radius 2 is 2.00 bits per heavy atom. The van der Waals surface area contributed by atoms with Gasteiger partial charge in [0.15, 0.2) is 0 Å². The summed E-state index contributed by atoms with van der Waals surface area (Å²) < 4.78 is 0. The fourth-order valence-electron chi connectivity index (χ4n) is 1.69. The molecule has 0 saturated heterocycles. The van der Waals surface area contributed by atoms with Gasteiger partial charge in [0, 0.05) is 12.1 Å². The third kappa shape index (κ3) is 4.10. The summed E-state index contributed by atoms with van der Waals surface area (Å²) in [5, 5.41) is 15.4. The number of carbonyl (C=O) groups is 1. The van der Waals surface area contributed by atoms with Gasteiger partial charge in [-0.15, -0.1) is 0 Å². The largest absolute Gasteiger partial charge is 0.394 e. The molecule has 1 aliphatic rings. The van der Waals surface area contributed by atoms with Crippen molar-refractivity contribution in [2.75, 3.05) is 19.7 Å². The van der Waals surface area contributed by atoms with E-state index in [2.05, 4.69) is 10.6 Å². The molecule has 16 heavy (non-hydrogen) atoms. The molecule has 1 amide bonds. The molecule has 0 radical (unpaired) electrons. The van der Waals surface area contributed by atoms with Crippen molar-refractivity contribution in [1.82, 2.24) is 10.6 Å². The number of hydrogen-bond donors (Lipinski definition) is 3. The van der Waals surface area contributed by atoms with E-state index in [1.165, 1.54) is 12.8 Å². The van der Waals surface area contributed by atoms with Crippen LogP contribution in [0.4, 0.5) is 0 Å². The molecule has 0 atom stereocenters. The molecule has 0 unspecified atom stereocenters. The lowest BCUT2D eigenvalue weighted by Gasteiger charge is -2.30. The number of carbonyl (C=O) groups excluding carboxylic acids is 1. The summed E-state index contributed by atoms with van der Waals surface area (Å²) in [5.41, 5.74) is -0.295. The van der Waals surface area contributed by atoms with Crippen molar-refractivity contribution in [3.05, 3.63) is 0 Å². The maximum atomic E-state index is 11.5. The Balaban J connectivity index is 2.21. The average Bonchev–Trinajstić information content (AvgIpc) is 3.13. The van der Waals surface area contributed by atoms with E-state index in [1.807, 2.05) is 13.8 Å². The molecule has 1 rings (SSSR count). The highest BCUT2D eigenvalue weighted by Crippen LogP contribution is 2.27. The minimum absolute atomic E-state index is 0.0339. The van der Waals surface area contributed by atoms with Crippen LogP contribution in [0.3, 0.4) is 0 Å². The van der Waals surface area contributed by atoms with Crippen LogP contribution in [-0.4, -0.2) is 36.2 Å². The van der Waals surface area contributed by atoms with E-state index in [4.69, 9.17) is 0 Å². The number of nitrogens with one attached hydrogen (secondary N) is 2. The van der Waals surface area contributed by atoms with Crippen molar-refractivity contribution >= 4 is 5.91 Å². The zero-order valence-electron chi connectivity index (χ0n) is 10.4. The summed E-state index contributed by atoms with van der Waals surface area (Å²) in [6, 6.07) is 0. The summed E-state index contributed by atoms with van der Waals surface area (Å²) in [7, 11) is 0. The number of hydrogen-bond acceptors (Lipinski definition) is 3. The fourth-order valence-corrected chi connectivity index (χ4v) is 1.69. The van der Waals surface area contributed by atoms with Crippen LogP contribution in [-0.2, 0) is 4.79 Å². The first-order valence-electron chi connectivity index (χ1n) is 6.28. The predicted molar refractivity (Wildman–Crippen MR) is 64.1 cm³/mol. The van der Waals surface area contributed by atoms with Gasteiger partial charge in [-0.1, -0.05) is 13.8 Å². The van der Waals surface area contributed by atoms with Gasteiger partial charge in [0.2, 0.25) is 5.91 Å². The highest BCUT2D eigenvalue weighted by molar-refractivity contribution is 5.78. The lowest BCUT2D eigenvalue weighted by atomic mass is 9.94. The minimum atomic E-state index is -0.295. The second-order valence-corrected chi connectivity index (χ2v) is 4.75. The van der Waals surface area contributed by atoms with Gasteiger partial charge in [-0.25, -0.2) is 0 Å². The average molecular weight is 228 g/mol. The van der Waals surface area contributed by atoms with Crippen molar-refractivity contribution in [3.63, 3.8) is 0 Å². The van der Waals surface area contributed by atoms with Gasteiger partial charge in [0.05, 0.1) is 13.2 Å². The second kappa shape index (κ2) is 6.21. The van der Waals surface area contributed by atoms with Gasteiger partial charge in [-0.2, -0.15) is 0 Å². The van der Waals surface area contributed by atoms with E-state index in [9.17, 15) is 9.90 Å². The number of aliphatic hydroxyl groups is 1. The Morgan fingerprint density at radius 1 is 1.38 bits per heavy atom. The number of aliphatic hydroxyl groups excluding tert-OH is 1. The van der Waals surface area contributed by atoms with Gasteiger partial charge in [-0.05, 0) is 31.6 Å². The third-order valence-corrected chi connectivity index (χ3v) is 3.56. The molecule has 0 aromatic carbocycles. The molecule has 0 aromatic rings. The Hall–Kier alpha value is -0.610. The van der Waals surface area contributed by atoms with Crippen molar-refractivity contribution in [2.45, 2.75) is 45.1 Å². The zero-order chi connectivity index (χ0) is 12.0. The highest BCUT2D eigenvalue weighted by Gasteiger charge is 2.26. The van der Waals surface area contributed by atoms with Crippen LogP contribution in [0.2, 0.25) is 0 Å². The van der Waals surface area contributed by atoms with E-state index < -0.39 is 0 Å². The van der Waals surface area contributed by atoms with Crippen LogP contribution < -0.4 is 10.6 Å². The molecule has 4 heteroatoms. The lowest BCUT2D eigenvalue weighted by Crippen LogP contribution is -2.51. The second-order valence-electron chi connectivity index (χ2n) is 4.75. The van der Waals surface area contributed by atoms with Crippen molar-refractivity contribution in [3.8, 4) is 0 Å². The fraction of sp³-hybridized carbons (Fsp3) is 0.917. The number of rotatable bonds is 8. The normalized spacial score (nSPS) is 16.2. The Bertz CT molecular complexity index is 215. The third-order valence-electron chi connectivity index (χ3n) is 3.56. The molecule has 1 fully saturated rings. The van der Waals surface area contributed by atoms with Gasteiger partial charge in [-0.3, -0.25) is 4.79 Å². The number of amides is 1. The first-order valence-corrected chi connectivity index (χ1v) is 6.28. The van der Waals surface area contributed by atoms with E-state index in [0.29, 0.717) is 12.5 Å². The summed E-state index contributed by atoms with van der Waals surface area (Å²) in [5.74, 6) is 0.746. The molecule has 1 saturated carbocycles. The first-order chi connectivity index (χ1) is 7.65. The Kier molecular flexibility index (Phi) is 5.22. The van der Waals surface area contributed by atoms with E-state index in [-0.39, 0.29) is 18.1 Å². The van der Waals surface area contributed by atoms with Crippen LogP contribution in [0.25, 0.3) is 0 Å². The summed E-state index contributed by atoms with van der Waals surface area (Å²) in [6.45, 7) is 5.24. The quantitative estimate of drug-likeness (QED) is 0.572. The molecule has 94 valence electrons. The van der Waals surface area contributed by atoms with Crippen LogP contribution in [0.1, 0.15) is 39.5 Å². The molecule has 0 bridgehead atoms. The monoisotopic (exact) mass is 228 g/mol. The maximum absolute atomic E-state index is 11.5. The topological polar surface area (TPSA) is 61.4 Å². The van der Waals surface area contributed by atoms with Gasteiger partial charge < -0.3 is 15.7 Å². The van der Waals surface area contributed by atoms with Crippen LogP contribution >= 0.6 is 0 Å². The molecule has 0 aliphatic heterocycles. The predicted octanol–water partition coefficient (Wildman–Crippen LogP) is 0.653. The Labute approximate surface area is 97.8 Å². The standard InChI is InChI=1S/C12H24N2O2/c1-3-12(4-2,9-15)14-8-11(16)13-7-10-5-6-10/h10,14-15H,3-9H2,1-2H3,(H,13,16). The minimum Gasteiger partial charge on any atom is -0.394 e. The molecule has 3 N–H and O–H groups in total. The summed E-state index contributed by atoms with van der Waals surface area (Å²) in [4.78, 5) is 11.5. The maximum Gasteiger partial charge on any atom is 0.233 e. The van der Waals surface area contributed by atoms with Crippen molar-refractivity contribution in [2.24, 2.45) is 5.92 Å². The van der Waals surface area contributed by atoms with E-state index in [1.54, 1.807) is 0 Å². The highest BCUT2D eigenvalue weighted by atomic mass is 16.3. The van der Waals surface area contributed by atoms with E-state index >= 15 is 0 Å². The molecular weight excluding hydrogens is 204 g/mol. The van der Waals surface area contributed by atoms with Crippen LogP contribution in [0.15, 0.2) is 0 Å². The van der Waals surface area contributed by atoms with Crippen LogP contribution in [0.5, 0.6) is 0 Å². The molecule has 0 aromatic heterocycles. The zero-order valence-corrected chi connectivity index (χ0v) is 10.4. The van der Waals surface area contributed by atoms with Crippen molar-refractivity contribution in [1.29, 1.82) is 0 Å². The summed E-state index contributed by atoms with van der Waals surface area (Å²) in [6.07, 6.45) is 4.15. The van der Waals surface area contributed by atoms with Crippen molar-refractivity contribution < 1.29 is 9.90 Å². The molecule has 0 heterocycles. The van der Waals surface area contributed by atoms with E-state index in [0.717, 1.165) is 19.4 Å². The summed E-state index contributed by atoms with van der Waals surface area (Å²) >= 11 is 0. The smallest absolute Gasteiger partial charge is 0.233 e. The Morgan fingerprint density at radius 3 is 2.44 bits per heavy atom.